The Morgan fingerprint density at radius 2 is 2.25 bits per heavy atom. The van der Waals surface area contributed by atoms with Crippen molar-refractivity contribution in [3.05, 3.63) is 29.8 Å². The zero-order chi connectivity index (χ0) is 11.6. The SMILES string of the molecule is COC(=O)C1(CNc2cccc(C)c2)CC1. The maximum absolute atomic E-state index is 11.5. The summed E-state index contributed by atoms with van der Waals surface area (Å²) < 4.78 is 4.81. The van der Waals surface area contributed by atoms with Gasteiger partial charge < -0.3 is 10.1 Å². The first-order chi connectivity index (χ1) is 7.66. The molecule has 1 aromatic rings. The van der Waals surface area contributed by atoms with Gasteiger partial charge in [0.25, 0.3) is 0 Å². The standard InChI is InChI=1S/C13H17NO2/c1-10-4-3-5-11(8-10)14-9-13(6-7-13)12(15)16-2/h3-5,8,14H,6-7,9H2,1-2H3. The highest BCUT2D eigenvalue weighted by molar-refractivity contribution is 5.80. The first-order valence-electron chi connectivity index (χ1n) is 5.55. The van der Waals surface area contributed by atoms with Gasteiger partial charge in [0.05, 0.1) is 12.5 Å². The van der Waals surface area contributed by atoms with Gasteiger partial charge in [0.1, 0.15) is 0 Å². The van der Waals surface area contributed by atoms with Crippen LogP contribution in [-0.2, 0) is 9.53 Å². The lowest BCUT2D eigenvalue weighted by molar-refractivity contribution is -0.146. The van der Waals surface area contributed by atoms with Crippen molar-refractivity contribution in [2.24, 2.45) is 5.41 Å². The van der Waals surface area contributed by atoms with Gasteiger partial charge in [0.15, 0.2) is 0 Å². The maximum atomic E-state index is 11.5. The molecule has 1 fully saturated rings. The molecule has 0 bridgehead atoms. The summed E-state index contributed by atoms with van der Waals surface area (Å²) >= 11 is 0. The first kappa shape index (κ1) is 11.0. The van der Waals surface area contributed by atoms with Crippen LogP contribution in [0.5, 0.6) is 0 Å². The number of carbonyl (C=O) groups is 1. The number of esters is 1. The molecule has 1 saturated carbocycles. The molecule has 0 atom stereocenters. The second kappa shape index (κ2) is 4.16. The molecule has 0 radical (unpaired) electrons. The molecule has 1 aliphatic carbocycles. The van der Waals surface area contributed by atoms with Crippen LogP contribution in [0.15, 0.2) is 24.3 Å². The molecule has 3 heteroatoms. The Morgan fingerprint density at radius 1 is 1.50 bits per heavy atom. The number of methoxy groups -OCH3 is 1. The Kier molecular flexibility index (Phi) is 2.86. The molecule has 86 valence electrons. The summed E-state index contributed by atoms with van der Waals surface area (Å²) in [5.74, 6) is -0.0901. The van der Waals surface area contributed by atoms with Crippen molar-refractivity contribution in [2.45, 2.75) is 19.8 Å². The third kappa shape index (κ3) is 2.18. The molecule has 16 heavy (non-hydrogen) atoms. The molecule has 0 aromatic heterocycles. The molecule has 0 spiro atoms. The van der Waals surface area contributed by atoms with Crippen molar-refractivity contribution in [2.75, 3.05) is 19.0 Å². The number of anilines is 1. The van der Waals surface area contributed by atoms with Crippen molar-refractivity contribution >= 4 is 11.7 Å². The fourth-order valence-electron chi connectivity index (χ4n) is 1.85. The molecule has 1 aliphatic rings. The molecule has 0 unspecified atom stereocenters. The Morgan fingerprint density at radius 3 is 2.81 bits per heavy atom. The van der Waals surface area contributed by atoms with Crippen LogP contribution in [0.25, 0.3) is 0 Å². The number of hydrogen-bond acceptors (Lipinski definition) is 3. The van der Waals surface area contributed by atoms with Gasteiger partial charge in [-0.3, -0.25) is 4.79 Å². The smallest absolute Gasteiger partial charge is 0.313 e. The summed E-state index contributed by atoms with van der Waals surface area (Å²) in [6.45, 7) is 2.72. The van der Waals surface area contributed by atoms with Crippen molar-refractivity contribution in [3.63, 3.8) is 0 Å². The monoisotopic (exact) mass is 219 g/mol. The minimum Gasteiger partial charge on any atom is -0.469 e. The Labute approximate surface area is 95.8 Å². The van der Waals surface area contributed by atoms with Gasteiger partial charge in [-0.1, -0.05) is 12.1 Å². The van der Waals surface area contributed by atoms with E-state index in [9.17, 15) is 4.79 Å². The maximum Gasteiger partial charge on any atom is 0.313 e. The van der Waals surface area contributed by atoms with Crippen LogP contribution in [0, 0.1) is 12.3 Å². The topological polar surface area (TPSA) is 38.3 Å². The van der Waals surface area contributed by atoms with E-state index in [1.807, 2.05) is 12.1 Å². The molecular formula is C13H17NO2. The van der Waals surface area contributed by atoms with E-state index >= 15 is 0 Å². The van der Waals surface area contributed by atoms with E-state index in [0.717, 1.165) is 18.5 Å². The molecule has 0 aliphatic heterocycles. The number of aryl methyl sites for hydroxylation is 1. The van der Waals surface area contributed by atoms with E-state index < -0.39 is 0 Å². The lowest BCUT2D eigenvalue weighted by atomic mass is 10.1. The van der Waals surface area contributed by atoms with Gasteiger partial charge in [-0.2, -0.15) is 0 Å². The summed E-state index contributed by atoms with van der Waals surface area (Å²) in [5, 5.41) is 3.30. The molecule has 0 saturated heterocycles. The molecule has 3 nitrogen and oxygen atoms in total. The molecule has 1 N–H and O–H groups in total. The number of nitrogens with one attached hydrogen (secondary N) is 1. The van der Waals surface area contributed by atoms with E-state index in [4.69, 9.17) is 4.74 Å². The van der Waals surface area contributed by atoms with Gasteiger partial charge in [-0.15, -0.1) is 0 Å². The Hall–Kier alpha value is -1.51. The third-order valence-electron chi connectivity index (χ3n) is 3.12. The average molecular weight is 219 g/mol. The third-order valence-corrected chi connectivity index (χ3v) is 3.12. The van der Waals surface area contributed by atoms with Crippen molar-refractivity contribution in [1.29, 1.82) is 0 Å². The largest absolute Gasteiger partial charge is 0.469 e. The molecule has 0 amide bonds. The normalized spacial score (nSPS) is 16.6. The fraction of sp³-hybridized carbons (Fsp3) is 0.462. The van der Waals surface area contributed by atoms with Crippen molar-refractivity contribution in [3.8, 4) is 0 Å². The number of rotatable bonds is 4. The van der Waals surface area contributed by atoms with Crippen LogP contribution in [0.2, 0.25) is 0 Å². The highest BCUT2D eigenvalue weighted by Crippen LogP contribution is 2.46. The van der Waals surface area contributed by atoms with E-state index in [1.165, 1.54) is 12.7 Å². The van der Waals surface area contributed by atoms with Crippen LogP contribution in [0.1, 0.15) is 18.4 Å². The van der Waals surface area contributed by atoms with Crippen LogP contribution in [-0.4, -0.2) is 19.6 Å². The fourth-order valence-corrected chi connectivity index (χ4v) is 1.85. The molecule has 1 aromatic carbocycles. The highest BCUT2D eigenvalue weighted by Gasteiger charge is 2.50. The summed E-state index contributed by atoms with van der Waals surface area (Å²) in [4.78, 5) is 11.5. The highest BCUT2D eigenvalue weighted by atomic mass is 16.5. The molecule has 2 rings (SSSR count). The van der Waals surface area contributed by atoms with E-state index in [1.54, 1.807) is 0 Å². The zero-order valence-corrected chi connectivity index (χ0v) is 9.75. The van der Waals surface area contributed by atoms with Crippen LogP contribution in [0.3, 0.4) is 0 Å². The minimum absolute atomic E-state index is 0.0901. The Bertz CT molecular complexity index is 397. The minimum atomic E-state index is -0.265. The number of benzene rings is 1. The van der Waals surface area contributed by atoms with Gasteiger partial charge in [-0.25, -0.2) is 0 Å². The van der Waals surface area contributed by atoms with Crippen molar-refractivity contribution < 1.29 is 9.53 Å². The lowest BCUT2D eigenvalue weighted by Crippen LogP contribution is -2.25. The summed E-state index contributed by atoms with van der Waals surface area (Å²) in [6.07, 6.45) is 1.86. The first-order valence-corrected chi connectivity index (χ1v) is 5.55. The van der Waals surface area contributed by atoms with Crippen LogP contribution < -0.4 is 5.32 Å². The van der Waals surface area contributed by atoms with Crippen LogP contribution in [0.4, 0.5) is 5.69 Å². The van der Waals surface area contributed by atoms with Gasteiger partial charge in [0.2, 0.25) is 0 Å². The van der Waals surface area contributed by atoms with Crippen LogP contribution >= 0.6 is 0 Å². The summed E-state index contributed by atoms with van der Waals surface area (Å²) in [6, 6.07) is 8.15. The quantitative estimate of drug-likeness (QED) is 0.790. The zero-order valence-electron chi connectivity index (χ0n) is 9.75. The van der Waals surface area contributed by atoms with E-state index in [2.05, 4.69) is 24.4 Å². The number of hydrogen-bond donors (Lipinski definition) is 1. The van der Waals surface area contributed by atoms with Gasteiger partial charge >= 0.3 is 5.97 Å². The molecule has 0 heterocycles. The predicted octanol–water partition coefficient (Wildman–Crippen LogP) is 2.36. The lowest BCUT2D eigenvalue weighted by Gasteiger charge is -2.14. The van der Waals surface area contributed by atoms with Gasteiger partial charge in [0, 0.05) is 12.2 Å². The molecular weight excluding hydrogens is 202 g/mol. The Balaban J connectivity index is 1.95. The number of ether oxygens (including phenoxy) is 1. The van der Waals surface area contributed by atoms with Crippen molar-refractivity contribution in [1.82, 2.24) is 0 Å². The predicted molar refractivity (Wildman–Crippen MR) is 63.4 cm³/mol. The van der Waals surface area contributed by atoms with Gasteiger partial charge in [-0.05, 0) is 37.5 Å². The second-order valence-electron chi connectivity index (χ2n) is 4.49. The van der Waals surface area contributed by atoms with E-state index in [-0.39, 0.29) is 11.4 Å². The summed E-state index contributed by atoms with van der Waals surface area (Å²) in [7, 11) is 1.45. The number of carbonyl (C=O) groups excluding carboxylic acids is 1. The summed E-state index contributed by atoms with van der Waals surface area (Å²) in [5.41, 5.74) is 2.02. The average Bonchev–Trinajstić information content (AvgIpc) is 3.07. The second-order valence-corrected chi connectivity index (χ2v) is 4.49. The van der Waals surface area contributed by atoms with E-state index in [0.29, 0.717) is 6.54 Å².